The second-order valence-corrected chi connectivity index (χ2v) is 8.99. The van der Waals surface area contributed by atoms with Crippen LogP contribution in [0.3, 0.4) is 0 Å². The van der Waals surface area contributed by atoms with Gasteiger partial charge in [-0.3, -0.25) is 14.5 Å². The summed E-state index contributed by atoms with van der Waals surface area (Å²) >= 11 is 0. The Morgan fingerprint density at radius 3 is 2.07 bits per heavy atom. The van der Waals surface area contributed by atoms with Gasteiger partial charge in [-0.05, 0) is 50.2 Å². The fourth-order valence-electron chi connectivity index (χ4n) is 3.27. The molecular formula is C21H25N3O4S. The lowest BCUT2D eigenvalue weighted by atomic mass is 10.1. The maximum Gasteiger partial charge on any atom is 0.243 e. The minimum atomic E-state index is -3.51. The summed E-state index contributed by atoms with van der Waals surface area (Å²) in [6.07, 6.45) is 0. The molecule has 0 spiro atoms. The Bertz CT molecular complexity index is 967. The SMILES string of the molecule is CC(=O)c1ccc(NC(=O)[C@H](C)N2CCN(S(=O)(=O)c3ccccc3)CC2)cc1. The summed E-state index contributed by atoms with van der Waals surface area (Å²) in [7, 11) is -3.51. The zero-order valence-electron chi connectivity index (χ0n) is 16.5. The molecule has 0 radical (unpaired) electrons. The Kier molecular flexibility index (Phi) is 6.46. The summed E-state index contributed by atoms with van der Waals surface area (Å²) in [5.74, 6) is -0.195. The van der Waals surface area contributed by atoms with E-state index >= 15 is 0 Å². The van der Waals surface area contributed by atoms with Crippen LogP contribution in [-0.4, -0.2) is 61.5 Å². The average Bonchev–Trinajstić information content (AvgIpc) is 2.74. The van der Waals surface area contributed by atoms with Crippen molar-refractivity contribution in [2.24, 2.45) is 0 Å². The number of rotatable bonds is 6. The fourth-order valence-corrected chi connectivity index (χ4v) is 4.72. The first kappa shape index (κ1) is 21.2. The number of benzene rings is 2. The monoisotopic (exact) mass is 415 g/mol. The van der Waals surface area contributed by atoms with Gasteiger partial charge in [-0.2, -0.15) is 4.31 Å². The molecule has 29 heavy (non-hydrogen) atoms. The molecule has 2 aromatic carbocycles. The Balaban J connectivity index is 1.57. The molecule has 8 heteroatoms. The first-order valence-corrected chi connectivity index (χ1v) is 10.9. The molecule has 0 saturated carbocycles. The van der Waals surface area contributed by atoms with Gasteiger partial charge in [0.15, 0.2) is 5.78 Å². The van der Waals surface area contributed by atoms with Crippen molar-refractivity contribution in [1.29, 1.82) is 0 Å². The Morgan fingerprint density at radius 1 is 0.931 bits per heavy atom. The molecule has 1 heterocycles. The summed E-state index contributed by atoms with van der Waals surface area (Å²) in [6.45, 7) is 4.92. The van der Waals surface area contributed by atoms with Crippen molar-refractivity contribution in [2.45, 2.75) is 24.8 Å². The number of nitrogens with one attached hydrogen (secondary N) is 1. The van der Waals surface area contributed by atoms with E-state index in [0.29, 0.717) is 37.4 Å². The molecule has 1 amide bonds. The van der Waals surface area contributed by atoms with Gasteiger partial charge in [0.1, 0.15) is 0 Å². The zero-order valence-corrected chi connectivity index (χ0v) is 17.4. The van der Waals surface area contributed by atoms with Gasteiger partial charge < -0.3 is 5.32 Å². The van der Waals surface area contributed by atoms with E-state index in [1.165, 1.54) is 11.2 Å². The average molecular weight is 416 g/mol. The van der Waals surface area contributed by atoms with Gasteiger partial charge in [-0.25, -0.2) is 8.42 Å². The largest absolute Gasteiger partial charge is 0.325 e. The van der Waals surface area contributed by atoms with E-state index < -0.39 is 16.1 Å². The van der Waals surface area contributed by atoms with Crippen molar-refractivity contribution in [3.8, 4) is 0 Å². The van der Waals surface area contributed by atoms with E-state index in [2.05, 4.69) is 5.32 Å². The Hall–Kier alpha value is -2.55. The molecule has 0 unspecified atom stereocenters. The molecule has 1 N–H and O–H groups in total. The van der Waals surface area contributed by atoms with E-state index in [1.807, 2.05) is 4.90 Å². The number of carbonyl (C=O) groups is 2. The second kappa shape index (κ2) is 8.86. The number of piperazine rings is 1. The highest BCUT2D eigenvalue weighted by molar-refractivity contribution is 7.89. The lowest BCUT2D eigenvalue weighted by molar-refractivity contribution is -0.121. The fraction of sp³-hybridized carbons (Fsp3) is 0.333. The quantitative estimate of drug-likeness (QED) is 0.731. The van der Waals surface area contributed by atoms with Crippen LogP contribution in [0.4, 0.5) is 5.69 Å². The maximum absolute atomic E-state index is 12.7. The minimum Gasteiger partial charge on any atom is -0.325 e. The van der Waals surface area contributed by atoms with Crippen LogP contribution in [0.5, 0.6) is 0 Å². The van der Waals surface area contributed by atoms with Crippen molar-refractivity contribution >= 4 is 27.4 Å². The molecule has 0 bridgehead atoms. The molecule has 2 aromatic rings. The summed E-state index contributed by atoms with van der Waals surface area (Å²) in [4.78, 5) is 26.2. The maximum atomic E-state index is 12.7. The summed E-state index contributed by atoms with van der Waals surface area (Å²) < 4.78 is 26.9. The number of anilines is 1. The highest BCUT2D eigenvalue weighted by Gasteiger charge is 2.31. The van der Waals surface area contributed by atoms with Crippen molar-refractivity contribution in [2.75, 3.05) is 31.5 Å². The van der Waals surface area contributed by atoms with Gasteiger partial charge in [0.2, 0.25) is 15.9 Å². The molecule has 1 atom stereocenters. The van der Waals surface area contributed by atoms with E-state index in [-0.39, 0.29) is 16.6 Å². The van der Waals surface area contributed by atoms with Crippen LogP contribution in [0, 0.1) is 0 Å². The van der Waals surface area contributed by atoms with Crippen LogP contribution in [0.25, 0.3) is 0 Å². The minimum absolute atomic E-state index is 0.0282. The Morgan fingerprint density at radius 2 is 1.52 bits per heavy atom. The standard InChI is InChI=1S/C21H25N3O4S/c1-16(21(26)22-19-10-8-18(9-11-19)17(2)25)23-12-14-24(15-13-23)29(27,28)20-6-4-3-5-7-20/h3-11,16H,12-15H2,1-2H3,(H,22,26)/t16-/m0/s1. The third kappa shape index (κ3) is 4.90. The van der Waals surface area contributed by atoms with Crippen LogP contribution < -0.4 is 5.32 Å². The number of ketones is 1. The topological polar surface area (TPSA) is 86.8 Å². The summed E-state index contributed by atoms with van der Waals surface area (Å²) in [5.41, 5.74) is 1.21. The highest BCUT2D eigenvalue weighted by Crippen LogP contribution is 2.18. The van der Waals surface area contributed by atoms with E-state index in [0.717, 1.165) is 0 Å². The van der Waals surface area contributed by atoms with Crippen LogP contribution in [-0.2, 0) is 14.8 Å². The molecular weight excluding hydrogens is 390 g/mol. The van der Waals surface area contributed by atoms with Crippen LogP contribution in [0.1, 0.15) is 24.2 Å². The van der Waals surface area contributed by atoms with Gasteiger partial charge in [-0.15, -0.1) is 0 Å². The molecule has 154 valence electrons. The van der Waals surface area contributed by atoms with Gasteiger partial charge in [0, 0.05) is 37.4 Å². The lowest BCUT2D eigenvalue weighted by Crippen LogP contribution is -2.53. The van der Waals surface area contributed by atoms with E-state index in [4.69, 9.17) is 0 Å². The molecule has 1 fully saturated rings. The number of hydrogen-bond acceptors (Lipinski definition) is 5. The Labute approximate surface area is 171 Å². The number of amides is 1. The van der Waals surface area contributed by atoms with Crippen LogP contribution in [0.15, 0.2) is 59.5 Å². The van der Waals surface area contributed by atoms with Gasteiger partial charge >= 0.3 is 0 Å². The smallest absolute Gasteiger partial charge is 0.243 e. The van der Waals surface area contributed by atoms with Crippen molar-refractivity contribution < 1.29 is 18.0 Å². The number of nitrogens with zero attached hydrogens (tertiary/aromatic N) is 2. The van der Waals surface area contributed by atoms with Crippen LogP contribution >= 0.6 is 0 Å². The van der Waals surface area contributed by atoms with Crippen molar-refractivity contribution in [3.63, 3.8) is 0 Å². The zero-order chi connectivity index (χ0) is 21.0. The van der Waals surface area contributed by atoms with Crippen molar-refractivity contribution in [3.05, 3.63) is 60.2 Å². The normalized spacial score (nSPS) is 16.9. The van der Waals surface area contributed by atoms with Gasteiger partial charge in [-0.1, -0.05) is 18.2 Å². The molecule has 1 aliphatic heterocycles. The molecule has 1 aliphatic rings. The molecule has 0 aromatic heterocycles. The summed E-state index contributed by atoms with van der Waals surface area (Å²) in [6, 6.07) is 14.7. The van der Waals surface area contributed by atoms with Gasteiger partial charge in [0.25, 0.3) is 0 Å². The third-order valence-electron chi connectivity index (χ3n) is 5.14. The number of sulfonamides is 1. The predicted octanol–water partition coefficient (Wildman–Crippen LogP) is 2.22. The number of carbonyl (C=O) groups excluding carboxylic acids is 2. The first-order valence-electron chi connectivity index (χ1n) is 9.50. The molecule has 0 aliphatic carbocycles. The second-order valence-electron chi connectivity index (χ2n) is 7.05. The molecule has 1 saturated heterocycles. The van der Waals surface area contributed by atoms with Crippen molar-refractivity contribution in [1.82, 2.24) is 9.21 Å². The van der Waals surface area contributed by atoms with E-state index in [9.17, 15) is 18.0 Å². The lowest BCUT2D eigenvalue weighted by Gasteiger charge is -2.36. The number of Topliss-reactive ketones (excluding diaryl/α,β-unsaturated/α-hetero) is 1. The predicted molar refractivity (Wildman–Crippen MR) is 111 cm³/mol. The molecule has 3 rings (SSSR count). The van der Waals surface area contributed by atoms with Gasteiger partial charge in [0.05, 0.1) is 10.9 Å². The third-order valence-corrected chi connectivity index (χ3v) is 7.05. The number of hydrogen-bond donors (Lipinski definition) is 1. The first-order chi connectivity index (χ1) is 13.8. The van der Waals surface area contributed by atoms with E-state index in [1.54, 1.807) is 61.5 Å². The van der Waals surface area contributed by atoms with Crippen LogP contribution in [0.2, 0.25) is 0 Å². The molecule has 7 nitrogen and oxygen atoms in total. The summed E-state index contributed by atoms with van der Waals surface area (Å²) in [5, 5.41) is 2.85. The highest BCUT2D eigenvalue weighted by atomic mass is 32.2.